The van der Waals surface area contributed by atoms with Crippen molar-refractivity contribution in [3.8, 4) is 11.5 Å². The molecule has 2 heterocycles. The van der Waals surface area contributed by atoms with Crippen LogP contribution >= 0.6 is 0 Å². The van der Waals surface area contributed by atoms with Gasteiger partial charge in [0.25, 0.3) is 0 Å². The van der Waals surface area contributed by atoms with Gasteiger partial charge in [0.1, 0.15) is 17.0 Å². The molecule has 0 radical (unpaired) electrons. The van der Waals surface area contributed by atoms with Crippen molar-refractivity contribution in [2.45, 2.75) is 0 Å². The quantitative estimate of drug-likeness (QED) is 0.354. The molecule has 29 heavy (non-hydrogen) atoms. The smallest absolute Gasteiger partial charge is 0.231 e. The van der Waals surface area contributed by atoms with Gasteiger partial charge in [0, 0.05) is 24.0 Å². The number of carbonyl (C=O) groups excluding carboxylic acids is 1. The van der Waals surface area contributed by atoms with Crippen molar-refractivity contribution in [2.75, 3.05) is 14.2 Å². The number of nitrogens with zero attached hydrogens (tertiary/aromatic N) is 2. The largest absolute Gasteiger partial charge is 0.497 e. The molecular formula is C23H18N2O4. The molecule has 4 rings (SSSR count). The Labute approximate surface area is 167 Å². The first-order chi connectivity index (χ1) is 14.2. The molecule has 0 aliphatic heterocycles. The van der Waals surface area contributed by atoms with E-state index in [1.165, 1.54) is 14.2 Å². The molecule has 0 aliphatic rings. The van der Waals surface area contributed by atoms with Gasteiger partial charge in [-0.3, -0.25) is 9.78 Å². The van der Waals surface area contributed by atoms with E-state index >= 15 is 0 Å². The number of oxazole rings is 1. The van der Waals surface area contributed by atoms with E-state index in [1.54, 1.807) is 42.7 Å². The molecular weight excluding hydrogens is 368 g/mol. The highest BCUT2D eigenvalue weighted by Gasteiger charge is 2.21. The maximum atomic E-state index is 13.5. The highest BCUT2D eigenvalue weighted by Crippen LogP contribution is 2.29. The van der Waals surface area contributed by atoms with Gasteiger partial charge in [0.05, 0.1) is 19.8 Å². The SMILES string of the molecule is COc1cc(OC)cc(C(=O)/C(=C\c2cccnc2)c2nc3ccccc3o2)c1. The molecule has 0 amide bonds. The van der Waals surface area contributed by atoms with Crippen LogP contribution in [0.15, 0.2) is 71.4 Å². The number of fused-ring (bicyclic) bond motifs is 1. The molecule has 0 saturated carbocycles. The van der Waals surface area contributed by atoms with E-state index in [0.29, 0.717) is 33.7 Å². The molecule has 0 bridgehead atoms. The lowest BCUT2D eigenvalue weighted by Gasteiger charge is -2.09. The Hall–Kier alpha value is -3.93. The van der Waals surface area contributed by atoms with Crippen LogP contribution in [-0.2, 0) is 0 Å². The normalized spacial score (nSPS) is 11.4. The minimum absolute atomic E-state index is 0.238. The second-order valence-electron chi connectivity index (χ2n) is 6.26. The van der Waals surface area contributed by atoms with Crippen molar-refractivity contribution < 1.29 is 18.7 Å². The fourth-order valence-corrected chi connectivity index (χ4v) is 2.93. The Balaban J connectivity index is 1.86. The first-order valence-corrected chi connectivity index (χ1v) is 8.93. The van der Waals surface area contributed by atoms with E-state index in [9.17, 15) is 4.79 Å². The number of hydrogen-bond donors (Lipinski definition) is 0. The Bertz CT molecular complexity index is 1140. The molecule has 0 atom stereocenters. The summed E-state index contributed by atoms with van der Waals surface area (Å²) in [5, 5.41) is 0. The maximum absolute atomic E-state index is 13.5. The van der Waals surface area contributed by atoms with E-state index in [0.717, 1.165) is 5.56 Å². The number of benzene rings is 2. The number of rotatable bonds is 6. The zero-order valence-corrected chi connectivity index (χ0v) is 16.0. The van der Waals surface area contributed by atoms with Gasteiger partial charge in [-0.05, 0) is 42.0 Å². The fraction of sp³-hybridized carbons (Fsp3) is 0.0870. The second-order valence-corrected chi connectivity index (χ2v) is 6.26. The minimum atomic E-state index is -0.266. The Morgan fingerprint density at radius 2 is 1.76 bits per heavy atom. The molecule has 0 saturated heterocycles. The zero-order chi connectivity index (χ0) is 20.2. The van der Waals surface area contributed by atoms with Gasteiger partial charge in [0.15, 0.2) is 11.4 Å². The average Bonchev–Trinajstić information content (AvgIpc) is 3.21. The van der Waals surface area contributed by atoms with Crippen LogP contribution in [0.4, 0.5) is 0 Å². The molecule has 2 aromatic carbocycles. The Morgan fingerprint density at radius 3 is 2.41 bits per heavy atom. The number of hydrogen-bond acceptors (Lipinski definition) is 6. The Morgan fingerprint density at radius 1 is 1.00 bits per heavy atom. The highest BCUT2D eigenvalue weighted by molar-refractivity contribution is 6.31. The molecule has 6 heteroatoms. The van der Waals surface area contributed by atoms with Crippen LogP contribution in [0.3, 0.4) is 0 Å². The monoisotopic (exact) mass is 386 g/mol. The van der Waals surface area contributed by atoms with Crippen molar-refractivity contribution >= 4 is 28.5 Å². The van der Waals surface area contributed by atoms with Crippen molar-refractivity contribution in [3.63, 3.8) is 0 Å². The van der Waals surface area contributed by atoms with E-state index in [2.05, 4.69) is 9.97 Å². The number of methoxy groups -OCH3 is 2. The van der Waals surface area contributed by atoms with Gasteiger partial charge in [-0.2, -0.15) is 0 Å². The lowest BCUT2D eigenvalue weighted by Crippen LogP contribution is -2.04. The lowest BCUT2D eigenvalue weighted by molar-refractivity contribution is 0.105. The summed E-state index contributed by atoms with van der Waals surface area (Å²) in [6.07, 6.45) is 5.05. The van der Waals surface area contributed by atoms with Crippen molar-refractivity contribution in [2.24, 2.45) is 0 Å². The average molecular weight is 386 g/mol. The summed E-state index contributed by atoms with van der Waals surface area (Å²) in [5.41, 5.74) is 2.75. The molecule has 0 spiro atoms. The van der Waals surface area contributed by atoms with Gasteiger partial charge in [-0.1, -0.05) is 18.2 Å². The number of aromatic nitrogens is 2. The molecule has 2 aromatic heterocycles. The highest BCUT2D eigenvalue weighted by atomic mass is 16.5. The van der Waals surface area contributed by atoms with Crippen LogP contribution in [0.25, 0.3) is 22.7 Å². The number of Topliss-reactive ketones (excluding diaryl/α,β-unsaturated/α-hetero) is 1. The molecule has 0 N–H and O–H groups in total. The predicted octanol–water partition coefficient (Wildman–Crippen LogP) is 4.66. The van der Waals surface area contributed by atoms with Crippen molar-refractivity contribution in [1.29, 1.82) is 0 Å². The minimum Gasteiger partial charge on any atom is -0.497 e. The van der Waals surface area contributed by atoms with Crippen LogP contribution in [0.5, 0.6) is 11.5 Å². The molecule has 6 nitrogen and oxygen atoms in total. The summed E-state index contributed by atoms with van der Waals surface area (Å²) in [6.45, 7) is 0. The van der Waals surface area contributed by atoms with Crippen LogP contribution < -0.4 is 9.47 Å². The van der Waals surface area contributed by atoms with Gasteiger partial charge in [-0.25, -0.2) is 4.98 Å². The topological polar surface area (TPSA) is 74.5 Å². The number of carbonyl (C=O) groups is 1. The van der Waals surface area contributed by atoms with Crippen molar-refractivity contribution in [3.05, 3.63) is 84.0 Å². The van der Waals surface area contributed by atoms with E-state index in [4.69, 9.17) is 13.9 Å². The van der Waals surface area contributed by atoms with Crippen LogP contribution in [-0.4, -0.2) is 30.0 Å². The second kappa shape index (κ2) is 7.98. The summed E-state index contributed by atoms with van der Waals surface area (Å²) < 4.78 is 16.5. The van der Waals surface area contributed by atoms with Crippen LogP contribution in [0, 0.1) is 0 Å². The fourth-order valence-electron chi connectivity index (χ4n) is 2.93. The van der Waals surface area contributed by atoms with Gasteiger partial charge in [-0.15, -0.1) is 0 Å². The summed E-state index contributed by atoms with van der Waals surface area (Å²) in [6, 6.07) is 16.1. The molecule has 0 fully saturated rings. The van der Waals surface area contributed by atoms with E-state index < -0.39 is 0 Å². The third-order valence-electron chi connectivity index (χ3n) is 4.38. The summed E-state index contributed by atoms with van der Waals surface area (Å²) in [5.74, 6) is 1.01. The van der Waals surface area contributed by atoms with E-state index in [-0.39, 0.29) is 11.7 Å². The maximum Gasteiger partial charge on any atom is 0.231 e. The van der Waals surface area contributed by atoms with Crippen LogP contribution in [0.2, 0.25) is 0 Å². The number of ether oxygens (including phenoxy) is 2. The number of allylic oxidation sites excluding steroid dienone is 1. The number of ketones is 1. The number of para-hydroxylation sites is 2. The molecule has 144 valence electrons. The summed E-state index contributed by atoms with van der Waals surface area (Å²) in [4.78, 5) is 22.1. The summed E-state index contributed by atoms with van der Waals surface area (Å²) >= 11 is 0. The first-order valence-electron chi connectivity index (χ1n) is 8.93. The first kappa shape index (κ1) is 18.4. The van der Waals surface area contributed by atoms with Gasteiger partial charge >= 0.3 is 0 Å². The number of pyridine rings is 1. The molecule has 4 aromatic rings. The van der Waals surface area contributed by atoms with E-state index in [1.807, 2.05) is 30.3 Å². The standard InChI is InChI=1S/C23H18N2O4/c1-27-17-11-16(12-18(13-17)28-2)22(26)19(10-15-6-5-9-24-14-15)23-25-20-7-3-4-8-21(20)29-23/h3-14H,1-2H3/b19-10+. The summed E-state index contributed by atoms with van der Waals surface area (Å²) in [7, 11) is 3.08. The third-order valence-corrected chi connectivity index (χ3v) is 4.38. The zero-order valence-electron chi connectivity index (χ0n) is 16.0. The Kier molecular flexibility index (Phi) is 5.07. The molecule has 0 unspecified atom stereocenters. The lowest BCUT2D eigenvalue weighted by atomic mass is 10.0. The van der Waals surface area contributed by atoms with Crippen LogP contribution in [0.1, 0.15) is 21.8 Å². The molecule has 0 aliphatic carbocycles. The van der Waals surface area contributed by atoms with Gasteiger partial charge < -0.3 is 13.9 Å². The third kappa shape index (κ3) is 3.87. The van der Waals surface area contributed by atoms with Gasteiger partial charge in [0.2, 0.25) is 5.89 Å². The van der Waals surface area contributed by atoms with Crippen molar-refractivity contribution in [1.82, 2.24) is 9.97 Å². The predicted molar refractivity (Wildman–Crippen MR) is 110 cm³/mol.